The number of benzene rings is 1. The van der Waals surface area contributed by atoms with E-state index in [0.717, 1.165) is 58.2 Å². The molecule has 246 valence electrons. The Morgan fingerprint density at radius 3 is 2.83 bits per heavy atom. The molecule has 9 heterocycles. The number of halogens is 3. The standard InChI is InChI=1S/C34H37ClF2N8O2/c35-24-10-25-22(15-39-43-25)27-21(24)4-1-5-26(46)40-20-12-33(13-20)6-2-8-44(17-33)31-23-14-38-30(27)28(37)29(23)41-32(42-31)47-18-34-7-3-9-45(34)16-19(36)11-34/h10,14-15,19-20H,1-9,11-13,16-18H2,(H,39,43)(H,40,46)/t19-,20?,33?,34+/m1/s1. The number of hydrogen-bond donors (Lipinski definition) is 2. The van der Waals surface area contributed by atoms with Crippen LogP contribution in [0.3, 0.4) is 0 Å². The number of rotatable bonds is 3. The lowest BCUT2D eigenvalue weighted by Gasteiger charge is -2.53. The average Bonchev–Trinajstić information content (AvgIpc) is 3.73. The number of aromatic nitrogens is 5. The number of pyridine rings is 1. The van der Waals surface area contributed by atoms with Gasteiger partial charge in [0, 0.05) is 60.7 Å². The van der Waals surface area contributed by atoms with E-state index in [0.29, 0.717) is 70.5 Å². The zero-order valence-corrected chi connectivity index (χ0v) is 26.9. The van der Waals surface area contributed by atoms with Gasteiger partial charge in [-0.3, -0.25) is 19.8 Å². The van der Waals surface area contributed by atoms with Crippen LogP contribution in [0.15, 0.2) is 18.5 Å². The number of aromatic amines is 1. The second kappa shape index (κ2) is 10.9. The van der Waals surface area contributed by atoms with Gasteiger partial charge in [0.2, 0.25) is 5.91 Å². The van der Waals surface area contributed by atoms with E-state index in [9.17, 15) is 9.18 Å². The maximum absolute atomic E-state index is 17.1. The zero-order chi connectivity index (χ0) is 31.9. The molecule has 1 amide bonds. The van der Waals surface area contributed by atoms with Gasteiger partial charge in [-0.05, 0) is 75.0 Å². The summed E-state index contributed by atoms with van der Waals surface area (Å²) in [6, 6.07) is 2.01. The Kier molecular flexibility index (Phi) is 6.87. The van der Waals surface area contributed by atoms with Gasteiger partial charge in [0.1, 0.15) is 29.8 Å². The van der Waals surface area contributed by atoms with Crippen molar-refractivity contribution < 1.29 is 18.3 Å². The third kappa shape index (κ3) is 4.84. The first-order valence-electron chi connectivity index (χ1n) is 16.9. The van der Waals surface area contributed by atoms with E-state index in [2.05, 4.69) is 25.3 Å². The highest BCUT2D eigenvalue weighted by Crippen LogP contribution is 2.49. The molecular weight excluding hydrogens is 626 g/mol. The fraction of sp³-hybridized carbons (Fsp3) is 0.559. The lowest BCUT2D eigenvalue weighted by Crippen LogP contribution is -2.57. The zero-order valence-electron chi connectivity index (χ0n) is 26.1. The topological polar surface area (TPSA) is 112 Å². The summed E-state index contributed by atoms with van der Waals surface area (Å²) in [4.78, 5) is 31.7. The minimum atomic E-state index is -0.888. The Morgan fingerprint density at radius 2 is 1.94 bits per heavy atom. The summed E-state index contributed by atoms with van der Waals surface area (Å²) in [5.74, 6) is 0.0236. The van der Waals surface area contributed by atoms with E-state index in [1.165, 1.54) is 0 Å². The maximum Gasteiger partial charge on any atom is 0.319 e. The van der Waals surface area contributed by atoms with Crippen molar-refractivity contribution >= 4 is 45.1 Å². The number of hydrogen-bond acceptors (Lipinski definition) is 8. The first-order chi connectivity index (χ1) is 22.8. The van der Waals surface area contributed by atoms with Gasteiger partial charge >= 0.3 is 6.01 Å². The Labute approximate surface area is 275 Å². The largest absolute Gasteiger partial charge is 0.461 e. The van der Waals surface area contributed by atoms with E-state index in [4.69, 9.17) is 31.3 Å². The monoisotopic (exact) mass is 662 g/mol. The number of fused-ring (bicyclic) bond motifs is 2. The summed E-state index contributed by atoms with van der Waals surface area (Å²) >= 11 is 6.83. The van der Waals surface area contributed by atoms with Gasteiger partial charge in [-0.15, -0.1) is 0 Å². The molecule has 0 radical (unpaired) electrons. The lowest BCUT2D eigenvalue weighted by atomic mass is 9.61. The summed E-state index contributed by atoms with van der Waals surface area (Å²) in [6.07, 6.45) is 9.85. The van der Waals surface area contributed by atoms with Crippen LogP contribution in [0, 0.1) is 11.2 Å². The van der Waals surface area contributed by atoms with Gasteiger partial charge in [0.25, 0.3) is 0 Å². The van der Waals surface area contributed by atoms with Crippen LogP contribution in [0.1, 0.15) is 63.4 Å². The molecule has 1 aromatic carbocycles. The Bertz CT molecular complexity index is 1910. The predicted octanol–water partition coefficient (Wildman–Crippen LogP) is 5.52. The molecule has 1 saturated carbocycles. The number of ether oxygens (including phenoxy) is 1. The van der Waals surface area contributed by atoms with Crippen molar-refractivity contribution in [3.05, 3.63) is 34.9 Å². The van der Waals surface area contributed by atoms with Crippen molar-refractivity contribution in [2.75, 3.05) is 37.7 Å². The Balaban J connectivity index is 1.20. The molecule has 4 aromatic rings. The molecule has 7 bridgehead atoms. The van der Waals surface area contributed by atoms with Gasteiger partial charge in [0.05, 0.1) is 22.6 Å². The molecule has 6 aliphatic heterocycles. The SMILES string of the molecule is O=C1CCCc2c(Cl)cc3[nH]ncc3c2-c2ncc3c(nc(OC[C@@]45CCCN4C[C@H](F)C5)nc3c2F)N2CCCC3(CC(C3)N1)C2. The van der Waals surface area contributed by atoms with Gasteiger partial charge < -0.3 is 15.0 Å². The van der Waals surface area contributed by atoms with Crippen LogP contribution in [0.5, 0.6) is 6.01 Å². The lowest BCUT2D eigenvalue weighted by molar-refractivity contribution is -0.123. The predicted molar refractivity (Wildman–Crippen MR) is 174 cm³/mol. The number of amides is 1. The Hall–Kier alpha value is -3.64. The summed E-state index contributed by atoms with van der Waals surface area (Å²) in [5.41, 5.74) is 1.79. The van der Waals surface area contributed by atoms with Crippen molar-refractivity contribution in [1.82, 2.24) is 35.4 Å². The summed E-state index contributed by atoms with van der Waals surface area (Å²) in [7, 11) is 0. The highest BCUT2D eigenvalue weighted by Gasteiger charge is 2.50. The highest BCUT2D eigenvalue weighted by atomic mass is 35.5. The second-order valence-corrected chi connectivity index (χ2v) is 14.9. The third-order valence-corrected chi connectivity index (χ3v) is 11.8. The first-order valence-corrected chi connectivity index (χ1v) is 17.2. The van der Waals surface area contributed by atoms with Crippen LogP contribution in [0.2, 0.25) is 5.02 Å². The molecule has 0 unspecified atom stereocenters. The molecule has 11 rings (SSSR count). The molecule has 10 nitrogen and oxygen atoms in total. The molecule has 13 heteroatoms. The smallest absolute Gasteiger partial charge is 0.319 e. The molecule has 2 N–H and O–H groups in total. The fourth-order valence-corrected chi connectivity index (χ4v) is 9.60. The Morgan fingerprint density at radius 1 is 1.06 bits per heavy atom. The van der Waals surface area contributed by atoms with E-state index < -0.39 is 17.5 Å². The number of carbonyl (C=O) groups is 1. The van der Waals surface area contributed by atoms with Crippen LogP contribution < -0.4 is 15.0 Å². The first kappa shape index (κ1) is 29.5. The highest BCUT2D eigenvalue weighted by molar-refractivity contribution is 6.33. The summed E-state index contributed by atoms with van der Waals surface area (Å²) < 4.78 is 38.0. The molecule has 47 heavy (non-hydrogen) atoms. The van der Waals surface area contributed by atoms with Crippen molar-refractivity contribution in [1.29, 1.82) is 0 Å². The average molecular weight is 663 g/mol. The van der Waals surface area contributed by atoms with E-state index in [1.807, 2.05) is 0 Å². The molecule has 3 aromatic heterocycles. The normalized spacial score (nSPS) is 29.2. The molecule has 7 aliphatic rings. The van der Waals surface area contributed by atoms with Crippen LogP contribution in [0.4, 0.5) is 14.6 Å². The summed E-state index contributed by atoms with van der Waals surface area (Å²) in [5, 5.41) is 12.1. The van der Waals surface area contributed by atoms with Gasteiger partial charge in [-0.25, -0.2) is 8.78 Å². The quantitative estimate of drug-likeness (QED) is 0.295. The third-order valence-electron chi connectivity index (χ3n) is 11.4. The molecular formula is C34H37ClF2N8O2. The van der Waals surface area contributed by atoms with Crippen LogP contribution in [0.25, 0.3) is 33.1 Å². The number of carbonyl (C=O) groups excluding carboxylic acids is 1. The van der Waals surface area contributed by atoms with Crippen molar-refractivity contribution in [2.45, 2.75) is 82.0 Å². The second-order valence-electron chi connectivity index (χ2n) is 14.5. The fourth-order valence-electron chi connectivity index (χ4n) is 9.30. The van der Waals surface area contributed by atoms with Gasteiger partial charge in [-0.1, -0.05) is 11.6 Å². The number of nitrogens with zero attached hydrogens (tertiary/aromatic N) is 6. The number of piperidine rings is 1. The number of anilines is 1. The van der Waals surface area contributed by atoms with Crippen LogP contribution in [-0.4, -0.2) is 86.5 Å². The molecule has 1 spiro atoms. The minimum Gasteiger partial charge on any atom is -0.461 e. The van der Waals surface area contributed by atoms with E-state index >= 15 is 4.39 Å². The number of alkyl halides is 1. The van der Waals surface area contributed by atoms with E-state index in [1.54, 1.807) is 18.5 Å². The van der Waals surface area contributed by atoms with Crippen LogP contribution in [-0.2, 0) is 11.2 Å². The number of nitrogens with one attached hydrogen (secondary N) is 2. The van der Waals surface area contributed by atoms with Crippen molar-refractivity contribution in [2.24, 2.45) is 5.41 Å². The van der Waals surface area contributed by atoms with Gasteiger partial charge in [-0.2, -0.15) is 15.1 Å². The molecule has 4 fully saturated rings. The van der Waals surface area contributed by atoms with Crippen LogP contribution >= 0.6 is 11.6 Å². The van der Waals surface area contributed by atoms with Crippen molar-refractivity contribution in [3.63, 3.8) is 0 Å². The maximum atomic E-state index is 17.1. The molecule has 3 saturated heterocycles. The minimum absolute atomic E-state index is 0.0245. The molecule has 1 aliphatic carbocycles. The summed E-state index contributed by atoms with van der Waals surface area (Å²) in [6.45, 7) is 3.00. The van der Waals surface area contributed by atoms with Gasteiger partial charge in [0.15, 0.2) is 5.82 Å². The number of H-pyrrole nitrogens is 1. The molecule has 2 atom stereocenters. The van der Waals surface area contributed by atoms with E-state index in [-0.39, 0.29) is 41.2 Å². The van der Waals surface area contributed by atoms with Crippen molar-refractivity contribution in [3.8, 4) is 17.3 Å².